The van der Waals surface area contributed by atoms with Crippen LogP contribution in [0.1, 0.15) is 15.9 Å². The molecule has 0 fully saturated rings. The van der Waals surface area contributed by atoms with Gasteiger partial charge in [0.25, 0.3) is 5.91 Å². The van der Waals surface area contributed by atoms with E-state index in [0.29, 0.717) is 17.1 Å². The zero-order chi connectivity index (χ0) is 15.4. The number of amides is 1. The van der Waals surface area contributed by atoms with Crippen LogP contribution in [0.3, 0.4) is 0 Å². The van der Waals surface area contributed by atoms with Gasteiger partial charge in [-0.2, -0.15) is 0 Å². The molecule has 0 bridgehead atoms. The number of carbonyl (C=O) groups excluding carboxylic acids is 1. The first kappa shape index (κ1) is 15.4. The maximum Gasteiger partial charge on any atom is 0.253 e. The maximum atomic E-state index is 12.3. The van der Waals surface area contributed by atoms with Gasteiger partial charge in [0.15, 0.2) is 0 Å². The third-order valence-corrected chi connectivity index (χ3v) is 3.56. The highest BCUT2D eigenvalue weighted by molar-refractivity contribution is 6.30. The van der Waals surface area contributed by atoms with Crippen LogP contribution < -0.4 is 4.90 Å². The summed E-state index contributed by atoms with van der Waals surface area (Å²) in [7, 11) is 5.81. The molecule has 0 saturated heterocycles. The van der Waals surface area contributed by atoms with Crippen LogP contribution in [0.5, 0.6) is 0 Å². The standard InChI is InChI=1S/C17H19ClN2O/c1-19(2)16-10-4-13(5-11-16)12-20(3)17(21)14-6-8-15(18)9-7-14/h4-11H,12H2,1-3H3. The minimum atomic E-state index is -0.0108. The van der Waals surface area contributed by atoms with E-state index in [4.69, 9.17) is 11.6 Å². The van der Waals surface area contributed by atoms with Gasteiger partial charge in [0.2, 0.25) is 0 Å². The molecule has 0 aliphatic carbocycles. The average Bonchev–Trinajstić information content (AvgIpc) is 2.47. The van der Waals surface area contributed by atoms with E-state index in [1.807, 2.05) is 31.1 Å². The van der Waals surface area contributed by atoms with Crippen molar-refractivity contribution in [3.05, 3.63) is 64.7 Å². The molecule has 2 rings (SSSR count). The molecule has 0 aliphatic heterocycles. The molecule has 0 saturated carbocycles. The zero-order valence-electron chi connectivity index (χ0n) is 12.5. The van der Waals surface area contributed by atoms with Gasteiger partial charge < -0.3 is 9.80 Å². The second kappa shape index (κ2) is 6.64. The SMILES string of the molecule is CN(Cc1ccc(N(C)C)cc1)C(=O)c1ccc(Cl)cc1. The van der Waals surface area contributed by atoms with Crippen LogP contribution in [-0.4, -0.2) is 32.0 Å². The first-order chi connectivity index (χ1) is 9.97. The summed E-state index contributed by atoms with van der Waals surface area (Å²) < 4.78 is 0. The lowest BCUT2D eigenvalue weighted by molar-refractivity contribution is 0.0785. The number of carbonyl (C=O) groups is 1. The zero-order valence-corrected chi connectivity index (χ0v) is 13.3. The Hall–Kier alpha value is -2.00. The van der Waals surface area contributed by atoms with Gasteiger partial charge in [-0.1, -0.05) is 23.7 Å². The minimum absolute atomic E-state index is 0.0108. The summed E-state index contributed by atoms with van der Waals surface area (Å²) in [6, 6.07) is 15.1. The minimum Gasteiger partial charge on any atom is -0.378 e. The summed E-state index contributed by atoms with van der Waals surface area (Å²) in [4.78, 5) is 16.1. The lowest BCUT2D eigenvalue weighted by Gasteiger charge is -2.18. The molecule has 3 nitrogen and oxygen atoms in total. The fourth-order valence-corrected chi connectivity index (χ4v) is 2.18. The number of halogens is 1. The van der Waals surface area contributed by atoms with Crippen molar-refractivity contribution < 1.29 is 4.79 Å². The van der Waals surface area contributed by atoms with E-state index in [2.05, 4.69) is 12.1 Å². The van der Waals surface area contributed by atoms with Crippen molar-refractivity contribution in [3.63, 3.8) is 0 Å². The molecule has 4 heteroatoms. The quantitative estimate of drug-likeness (QED) is 0.860. The third kappa shape index (κ3) is 3.99. The average molecular weight is 303 g/mol. The summed E-state index contributed by atoms with van der Waals surface area (Å²) >= 11 is 5.84. The summed E-state index contributed by atoms with van der Waals surface area (Å²) in [5, 5.41) is 0.633. The Morgan fingerprint density at radius 3 is 2.05 bits per heavy atom. The summed E-state index contributed by atoms with van der Waals surface area (Å²) in [5.74, 6) is -0.0108. The number of anilines is 1. The van der Waals surface area contributed by atoms with Crippen molar-refractivity contribution in [3.8, 4) is 0 Å². The predicted octanol–water partition coefficient (Wildman–Crippen LogP) is 3.68. The highest BCUT2D eigenvalue weighted by Crippen LogP contribution is 2.15. The normalized spacial score (nSPS) is 10.3. The third-order valence-electron chi connectivity index (χ3n) is 3.31. The number of rotatable bonds is 4. The lowest BCUT2D eigenvalue weighted by Crippen LogP contribution is -2.26. The molecule has 0 heterocycles. The van der Waals surface area contributed by atoms with Gasteiger partial charge in [0.1, 0.15) is 0 Å². The molecule has 1 amide bonds. The molecule has 0 radical (unpaired) electrons. The molecular weight excluding hydrogens is 284 g/mol. The number of benzene rings is 2. The van der Waals surface area contributed by atoms with Crippen molar-refractivity contribution >= 4 is 23.2 Å². The van der Waals surface area contributed by atoms with Crippen molar-refractivity contribution in [2.75, 3.05) is 26.0 Å². The molecule has 0 unspecified atom stereocenters. The maximum absolute atomic E-state index is 12.3. The van der Waals surface area contributed by atoms with E-state index in [1.54, 1.807) is 36.2 Å². The van der Waals surface area contributed by atoms with Gasteiger partial charge in [-0.3, -0.25) is 4.79 Å². The van der Waals surface area contributed by atoms with E-state index in [9.17, 15) is 4.79 Å². The first-order valence-electron chi connectivity index (χ1n) is 6.74. The van der Waals surface area contributed by atoms with Crippen LogP contribution in [0.25, 0.3) is 0 Å². The number of nitrogens with zero attached hydrogens (tertiary/aromatic N) is 2. The van der Waals surface area contributed by atoms with Gasteiger partial charge in [-0.05, 0) is 42.0 Å². The Labute approximate surface area is 130 Å². The fraction of sp³-hybridized carbons (Fsp3) is 0.235. The Morgan fingerprint density at radius 1 is 0.952 bits per heavy atom. The smallest absolute Gasteiger partial charge is 0.253 e. The Morgan fingerprint density at radius 2 is 1.52 bits per heavy atom. The van der Waals surface area contributed by atoms with Crippen LogP contribution in [0.4, 0.5) is 5.69 Å². The van der Waals surface area contributed by atoms with Crippen molar-refractivity contribution in [1.29, 1.82) is 0 Å². The predicted molar refractivity (Wildman–Crippen MR) is 88.0 cm³/mol. The molecule has 2 aromatic rings. The molecule has 0 atom stereocenters. The van der Waals surface area contributed by atoms with Crippen LogP contribution >= 0.6 is 11.6 Å². The van der Waals surface area contributed by atoms with E-state index in [-0.39, 0.29) is 5.91 Å². The molecule has 2 aromatic carbocycles. The molecule has 0 aliphatic rings. The van der Waals surface area contributed by atoms with Crippen molar-refractivity contribution in [2.24, 2.45) is 0 Å². The summed E-state index contributed by atoms with van der Waals surface area (Å²) in [5.41, 5.74) is 2.89. The molecule has 0 aromatic heterocycles. The van der Waals surface area contributed by atoms with E-state index < -0.39 is 0 Å². The highest BCUT2D eigenvalue weighted by Gasteiger charge is 2.11. The number of hydrogen-bond donors (Lipinski definition) is 0. The van der Waals surface area contributed by atoms with Gasteiger partial charge >= 0.3 is 0 Å². The Kier molecular flexibility index (Phi) is 4.86. The van der Waals surface area contributed by atoms with Gasteiger partial charge in [-0.25, -0.2) is 0 Å². The van der Waals surface area contributed by atoms with Crippen LogP contribution in [0.15, 0.2) is 48.5 Å². The highest BCUT2D eigenvalue weighted by atomic mass is 35.5. The van der Waals surface area contributed by atoms with E-state index in [0.717, 1.165) is 11.3 Å². The molecule has 0 N–H and O–H groups in total. The fourth-order valence-electron chi connectivity index (χ4n) is 2.06. The van der Waals surface area contributed by atoms with Crippen LogP contribution in [0.2, 0.25) is 5.02 Å². The second-order valence-electron chi connectivity index (χ2n) is 5.23. The first-order valence-corrected chi connectivity index (χ1v) is 7.12. The topological polar surface area (TPSA) is 23.6 Å². The van der Waals surface area contributed by atoms with Crippen molar-refractivity contribution in [1.82, 2.24) is 4.90 Å². The molecule has 0 spiro atoms. The monoisotopic (exact) mass is 302 g/mol. The van der Waals surface area contributed by atoms with Crippen LogP contribution in [0, 0.1) is 0 Å². The van der Waals surface area contributed by atoms with E-state index >= 15 is 0 Å². The summed E-state index contributed by atoms with van der Waals surface area (Å²) in [6.45, 7) is 0.579. The number of hydrogen-bond acceptors (Lipinski definition) is 2. The summed E-state index contributed by atoms with van der Waals surface area (Å²) in [6.07, 6.45) is 0. The lowest BCUT2D eigenvalue weighted by atomic mass is 10.1. The second-order valence-corrected chi connectivity index (χ2v) is 5.67. The molecule has 21 heavy (non-hydrogen) atoms. The van der Waals surface area contributed by atoms with Gasteiger partial charge in [0.05, 0.1) is 0 Å². The Bertz CT molecular complexity index is 606. The molecule has 110 valence electrons. The van der Waals surface area contributed by atoms with Crippen molar-refractivity contribution in [2.45, 2.75) is 6.54 Å². The van der Waals surface area contributed by atoms with Gasteiger partial charge in [-0.15, -0.1) is 0 Å². The Balaban J connectivity index is 2.05. The molecular formula is C17H19ClN2O. The van der Waals surface area contributed by atoms with E-state index in [1.165, 1.54) is 0 Å². The largest absolute Gasteiger partial charge is 0.378 e. The van der Waals surface area contributed by atoms with Crippen LogP contribution in [-0.2, 0) is 6.54 Å². The van der Waals surface area contributed by atoms with Gasteiger partial charge in [0, 0.05) is 44.0 Å².